The van der Waals surface area contributed by atoms with Gasteiger partial charge in [0.1, 0.15) is 6.54 Å². The fourth-order valence-electron chi connectivity index (χ4n) is 3.43. The second kappa shape index (κ2) is 13.8. The molecule has 0 radical (unpaired) electrons. The Balaban J connectivity index is 1.89. The van der Waals surface area contributed by atoms with E-state index < -0.39 is 24.6 Å². The quantitative estimate of drug-likeness (QED) is 0.349. The summed E-state index contributed by atoms with van der Waals surface area (Å²) < 4.78 is 20.8. The molecule has 2 rings (SSSR count). The van der Waals surface area contributed by atoms with Crippen LogP contribution < -0.4 is 14.8 Å². The summed E-state index contributed by atoms with van der Waals surface area (Å²) in [7, 11) is 1.40. The van der Waals surface area contributed by atoms with E-state index in [1.165, 1.54) is 31.9 Å². The highest BCUT2D eigenvalue weighted by molar-refractivity contribution is 5.97. The van der Waals surface area contributed by atoms with E-state index in [9.17, 15) is 14.4 Å². The first-order valence-corrected chi connectivity index (χ1v) is 11.1. The molecule has 2 aromatic rings. The number of esters is 2. The topological polar surface area (TPSA) is 113 Å². The zero-order chi connectivity index (χ0) is 24.9. The molecule has 0 aliphatic carbocycles. The van der Waals surface area contributed by atoms with E-state index in [-0.39, 0.29) is 29.8 Å². The minimum Gasteiger partial charge on any atom is -0.493 e. The number of amides is 1. The first-order valence-electron chi connectivity index (χ1n) is 11.1. The first-order chi connectivity index (χ1) is 16.3. The average Bonchev–Trinajstić information content (AvgIpc) is 2.82. The number of carbonyl (C=O) groups is 3. The summed E-state index contributed by atoms with van der Waals surface area (Å²) in [5.74, 6) is -1.15. The Labute approximate surface area is 199 Å². The van der Waals surface area contributed by atoms with Gasteiger partial charge in [-0.25, -0.2) is 4.98 Å². The number of carbonyl (C=O) groups excluding carboxylic acids is 3. The van der Waals surface area contributed by atoms with Crippen LogP contribution in [0.4, 0.5) is 0 Å². The number of benzene rings is 1. The van der Waals surface area contributed by atoms with E-state index in [1.54, 1.807) is 0 Å². The summed E-state index contributed by atoms with van der Waals surface area (Å²) >= 11 is 0. The van der Waals surface area contributed by atoms with Crippen molar-refractivity contribution < 1.29 is 33.3 Å². The number of hydrogen-bond acceptors (Lipinski definition) is 8. The minimum absolute atomic E-state index is 0.00261. The van der Waals surface area contributed by atoms with Crippen LogP contribution in [0, 0.1) is 5.92 Å². The van der Waals surface area contributed by atoms with Crippen LogP contribution in [0.15, 0.2) is 42.6 Å². The molecule has 34 heavy (non-hydrogen) atoms. The Hall–Kier alpha value is -3.62. The second-order valence-corrected chi connectivity index (χ2v) is 7.77. The van der Waals surface area contributed by atoms with Gasteiger partial charge in [-0.2, -0.15) is 0 Å². The third-order valence-electron chi connectivity index (χ3n) is 5.10. The summed E-state index contributed by atoms with van der Waals surface area (Å²) in [6, 6.07) is 11.7. The molecule has 0 aliphatic rings. The Morgan fingerprint density at radius 3 is 2.50 bits per heavy atom. The van der Waals surface area contributed by atoms with E-state index in [0.29, 0.717) is 5.92 Å². The van der Waals surface area contributed by atoms with Crippen molar-refractivity contribution in [3.05, 3.63) is 53.9 Å². The molecule has 2 atom stereocenters. The zero-order valence-corrected chi connectivity index (χ0v) is 20.0. The van der Waals surface area contributed by atoms with Crippen molar-refractivity contribution in [1.29, 1.82) is 0 Å². The molecule has 1 amide bonds. The van der Waals surface area contributed by atoms with Crippen LogP contribution in [0.3, 0.4) is 0 Å². The number of aromatic nitrogens is 1. The standard InChI is InChI=1S/C25H32N2O7/c1-5-19(14-20-9-7-6-8-10-20)13-17(2)34-22(29)15-27-25(30)23-24(33-16-32-18(3)28)21(31-4)11-12-26-23/h6-12,17,19H,5,13-16H2,1-4H3,(H,27,30). The number of nitrogens with one attached hydrogen (secondary N) is 1. The molecule has 1 aromatic carbocycles. The maximum Gasteiger partial charge on any atom is 0.325 e. The van der Waals surface area contributed by atoms with Gasteiger partial charge in [-0.15, -0.1) is 0 Å². The molecule has 2 unspecified atom stereocenters. The van der Waals surface area contributed by atoms with Gasteiger partial charge < -0.3 is 24.3 Å². The van der Waals surface area contributed by atoms with E-state index in [0.717, 1.165) is 19.3 Å². The third-order valence-corrected chi connectivity index (χ3v) is 5.10. The van der Waals surface area contributed by atoms with Crippen LogP contribution in [0.1, 0.15) is 49.7 Å². The molecule has 1 N–H and O–H groups in total. The highest BCUT2D eigenvalue weighted by atomic mass is 16.7. The molecule has 0 spiro atoms. The summed E-state index contributed by atoms with van der Waals surface area (Å²) in [6.45, 7) is 4.44. The van der Waals surface area contributed by atoms with E-state index in [4.69, 9.17) is 18.9 Å². The average molecular weight is 473 g/mol. The number of rotatable bonds is 13. The van der Waals surface area contributed by atoms with Gasteiger partial charge in [-0.3, -0.25) is 14.4 Å². The van der Waals surface area contributed by atoms with Crippen LogP contribution in [0.25, 0.3) is 0 Å². The third kappa shape index (κ3) is 8.73. The molecule has 9 heteroatoms. The normalized spacial score (nSPS) is 12.2. The summed E-state index contributed by atoms with van der Waals surface area (Å²) in [4.78, 5) is 39.9. The highest BCUT2D eigenvalue weighted by Gasteiger charge is 2.21. The predicted octanol–water partition coefficient (Wildman–Crippen LogP) is 3.31. The van der Waals surface area contributed by atoms with Gasteiger partial charge in [-0.05, 0) is 31.2 Å². The molecular weight excluding hydrogens is 440 g/mol. The Kier molecular flexibility index (Phi) is 10.8. The van der Waals surface area contributed by atoms with Gasteiger partial charge in [-0.1, -0.05) is 43.7 Å². The molecule has 184 valence electrons. The maximum absolute atomic E-state index is 12.6. The number of ether oxygens (including phenoxy) is 4. The fraction of sp³-hybridized carbons (Fsp3) is 0.440. The maximum atomic E-state index is 12.6. The zero-order valence-electron chi connectivity index (χ0n) is 20.0. The van der Waals surface area contributed by atoms with Gasteiger partial charge in [0, 0.05) is 19.2 Å². The number of methoxy groups -OCH3 is 1. The van der Waals surface area contributed by atoms with Crippen molar-refractivity contribution in [2.24, 2.45) is 5.92 Å². The summed E-state index contributed by atoms with van der Waals surface area (Å²) in [6.07, 6.45) is 3.66. The molecule has 0 bridgehead atoms. The van der Waals surface area contributed by atoms with Gasteiger partial charge in [0.2, 0.25) is 6.79 Å². The van der Waals surface area contributed by atoms with Crippen LogP contribution in [-0.2, 0) is 25.5 Å². The smallest absolute Gasteiger partial charge is 0.325 e. The Morgan fingerprint density at radius 2 is 1.85 bits per heavy atom. The molecule has 1 heterocycles. The molecule has 0 saturated heterocycles. The lowest BCUT2D eigenvalue weighted by molar-refractivity contribution is -0.148. The minimum atomic E-state index is -0.656. The summed E-state index contributed by atoms with van der Waals surface area (Å²) in [5.41, 5.74) is 1.14. The SMILES string of the molecule is CCC(Cc1ccccc1)CC(C)OC(=O)CNC(=O)c1nccc(OC)c1OCOC(C)=O. The van der Waals surface area contributed by atoms with Gasteiger partial charge in [0.05, 0.1) is 13.2 Å². The van der Waals surface area contributed by atoms with Gasteiger partial charge in [0.15, 0.2) is 17.2 Å². The number of hydrogen-bond donors (Lipinski definition) is 1. The van der Waals surface area contributed by atoms with Crippen LogP contribution >= 0.6 is 0 Å². The Morgan fingerprint density at radius 1 is 1.12 bits per heavy atom. The van der Waals surface area contributed by atoms with Crippen LogP contribution in [-0.4, -0.2) is 49.4 Å². The molecular formula is C25H32N2O7. The number of nitrogens with zero attached hydrogens (tertiary/aromatic N) is 1. The van der Waals surface area contributed by atoms with Gasteiger partial charge >= 0.3 is 11.9 Å². The lowest BCUT2D eigenvalue weighted by atomic mass is 9.92. The van der Waals surface area contributed by atoms with Crippen molar-refractivity contribution in [2.45, 2.75) is 46.1 Å². The number of pyridine rings is 1. The van der Waals surface area contributed by atoms with Crippen molar-refractivity contribution in [1.82, 2.24) is 10.3 Å². The molecule has 0 saturated carbocycles. The van der Waals surface area contributed by atoms with Crippen molar-refractivity contribution in [2.75, 3.05) is 20.4 Å². The van der Waals surface area contributed by atoms with Gasteiger partial charge in [0.25, 0.3) is 5.91 Å². The fourth-order valence-corrected chi connectivity index (χ4v) is 3.43. The van der Waals surface area contributed by atoms with E-state index >= 15 is 0 Å². The van der Waals surface area contributed by atoms with E-state index in [2.05, 4.69) is 29.4 Å². The summed E-state index contributed by atoms with van der Waals surface area (Å²) in [5, 5.41) is 2.48. The van der Waals surface area contributed by atoms with E-state index in [1.807, 2.05) is 25.1 Å². The molecule has 0 fully saturated rings. The van der Waals surface area contributed by atoms with Crippen LogP contribution in [0.2, 0.25) is 0 Å². The predicted molar refractivity (Wildman–Crippen MR) is 124 cm³/mol. The van der Waals surface area contributed by atoms with Crippen molar-refractivity contribution in [3.63, 3.8) is 0 Å². The second-order valence-electron chi connectivity index (χ2n) is 7.77. The Bertz CT molecular complexity index is 950. The first kappa shape index (κ1) is 26.6. The lowest BCUT2D eigenvalue weighted by Gasteiger charge is -2.20. The largest absolute Gasteiger partial charge is 0.493 e. The van der Waals surface area contributed by atoms with Crippen molar-refractivity contribution >= 4 is 17.8 Å². The molecule has 0 aliphatic heterocycles. The molecule has 1 aromatic heterocycles. The monoisotopic (exact) mass is 472 g/mol. The highest BCUT2D eigenvalue weighted by Crippen LogP contribution is 2.29. The molecule has 9 nitrogen and oxygen atoms in total. The van der Waals surface area contributed by atoms with Crippen molar-refractivity contribution in [3.8, 4) is 11.5 Å². The lowest BCUT2D eigenvalue weighted by Crippen LogP contribution is -2.33. The van der Waals surface area contributed by atoms with Crippen LogP contribution in [0.5, 0.6) is 11.5 Å².